The van der Waals surface area contributed by atoms with E-state index in [2.05, 4.69) is 10.3 Å². The number of pyridine rings is 1. The van der Waals surface area contributed by atoms with Gasteiger partial charge in [0.25, 0.3) is 0 Å². The van der Waals surface area contributed by atoms with Crippen molar-refractivity contribution in [3.8, 4) is 0 Å². The molecular formula is C14H20F3N3. The molecule has 0 aromatic carbocycles. The molecule has 0 atom stereocenters. The molecule has 112 valence electrons. The summed E-state index contributed by atoms with van der Waals surface area (Å²) in [5.74, 6) is -0.383. The Morgan fingerprint density at radius 3 is 2.45 bits per heavy atom. The van der Waals surface area contributed by atoms with E-state index in [0.717, 1.165) is 23.6 Å². The molecule has 2 rings (SSSR count). The zero-order chi connectivity index (χ0) is 14.8. The Morgan fingerprint density at radius 1 is 1.30 bits per heavy atom. The number of piperidine rings is 1. The molecule has 6 heteroatoms. The molecule has 0 radical (unpaired) electrons. The first-order valence-corrected chi connectivity index (χ1v) is 6.84. The van der Waals surface area contributed by atoms with Crippen molar-refractivity contribution >= 4 is 5.82 Å². The first-order valence-electron chi connectivity index (χ1n) is 6.84. The van der Waals surface area contributed by atoms with Gasteiger partial charge in [-0.25, -0.2) is 4.98 Å². The van der Waals surface area contributed by atoms with E-state index in [1.165, 1.54) is 0 Å². The quantitative estimate of drug-likeness (QED) is 0.926. The lowest BCUT2D eigenvalue weighted by atomic mass is 9.96. The molecule has 1 aliphatic rings. The lowest BCUT2D eigenvalue weighted by Gasteiger charge is -2.33. The molecule has 0 spiro atoms. The maximum atomic E-state index is 12.6. The smallest absolute Gasteiger partial charge is 0.357 e. The highest BCUT2D eigenvalue weighted by Gasteiger charge is 2.41. The third-order valence-electron chi connectivity index (χ3n) is 3.83. The minimum atomic E-state index is -4.06. The molecule has 3 nitrogen and oxygen atoms in total. The van der Waals surface area contributed by atoms with Crippen molar-refractivity contribution in [3.63, 3.8) is 0 Å². The van der Waals surface area contributed by atoms with Crippen molar-refractivity contribution in [1.29, 1.82) is 0 Å². The van der Waals surface area contributed by atoms with Gasteiger partial charge in [-0.2, -0.15) is 13.2 Å². The van der Waals surface area contributed by atoms with E-state index >= 15 is 0 Å². The van der Waals surface area contributed by atoms with E-state index in [4.69, 9.17) is 0 Å². The lowest BCUT2D eigenvalue weighted by molar-refractivity contribution is -0.179. The maximum Gasteiger partial charge on any atom is 0.391 e. The average molecular weight is 287 g/mol. The summed E-state index contributed by atoms with van der Waals surface area (Å²) in [6.45, 7) is 3.51. The van der Waals surface area contributed by atoms with Crippen molar-refractivity contribution in [2.45, 2.75) is 32.5 Å². The van der Waals surface area contributed by atoms with Gasteiger partial charge < -0.3 is 10.2 Å². The number of anilines is 1. The summed E-state index contributed by atoms with van der Waals surface area (Å²) in [6.07, 6.45) is -3.75. The van der Waals surface area contributed by atoms with Gasteiger partial charge in [0.2, 0.25) is 0 Å². The molecule has 1 aliphatic heterocycles. The third kappa shape index (κ3) is 3.42. The molecule has 1 aromatic heterocycles. The number of hydrogen-bond acceptors (Lipinski definition) is 3. The number of alkyl halides is 3. The monoisotopic (exact) mass is 287 g/mol. The van der Waals surface area contributed by atoms with Crippen LogP contribution in [0.5, 0.6) is 0 Å². The highest BCUT2D eigenvalue weighted by molar-refractivity contribution is 5.42. The summed E-state index contributed by atoms with van der Waals surface area (Å²) in [6, 6.07) is 3.89. The van der Waals surface area contributed by atoms with E-state index in [1.807, 2.05) is 31.0 Å². The van der Waals surface area contributed by atoms with Gasteiger partial charge in [0.15, 0.2) is 0 Å². The molecule has 2 heterocycles. The Morgan fingerprint density at radius 2 is 1.95 bits per heavy atom. The summed E-state index contributed by atoms with van der Waals surface area (Å²) in [5.41, 5.74) is 2.04. The number of halogens is 3. The van der Waals surface area contributed by atoms with Crippen LogP contribution in [0.3, 0.4) is 0 Å². The Bertz CT molecular complexity index is 451. The predicted octanol–water partition coefficient (Wildman–Crippen LogP) is 2.89. The fraction of sp³-hybridized carbons (Fsp3) is 0.643. The van der Waals surface area contributed by atoms with Gasteiger partial charge in [0.05, 0.1) is 5.92 Å². The molecule has 1 fully saturated rings. The van der Waals surface area contributed by atoms with Crippen LogP contribution >= 0.6 is 0 Å². The van der Waals surface area contributed by atoms with Crippen LogP contribution in [0.1, 0.15) is 24.1 Å². The molecule has 0 aliphatic carbocycles. The second-order valence-corrected chi connectivity index (χ2v) is 5.25. The summed E-state index contributed by atoms with van der Waals surface area (Å²) in [7, 11) is 1.87. The van der Waals surface area contributed by atoms with Crippen LogP contribution in [0, 0.1) is 12.8 Å². The molecule has 1 N–H and O–H groups in total. The minimum absolute atomic E-state index is 0.155. The van der Waals surface area contributed by atoms with Crippen LogP contribution in [0.25, 0.3) is 0 Å². The average Bonchev–Trinajstić information content (AvgIpc) is 2.40. The Hall–Kier alpha value is -1.30. The van der Waals surface area contributed by atoms with Gasteiger partial charge in [-0.1, -0.05) is 6.07 Å². The predicted molar refractivity (Wildman–Crippen MR) is 72.7 cm³/mol. The van der Waals surface area contributed by atoms with Crippen molar-refractivity contribution in [2.24, 2.45) is 5.92 Å². The molecule has 0 bridgehead atoms. The van der Waals surface area contributed by atoms with E-state index < -0.39 is 12.1 Å². The van der Waals surface area contributed by atoms with E-state index in [-0.39, 0.29) is 12.8 Å². The van der Waals surface area contributed by atoms with Gasteiger partial charge in [-0.05, 0) is 38.4 Å². The highest BCUT2D eigenvalue weighted by atomic mass is 19.4. The summed E-state index contributed by atoms with van der Waals surface area (Å²) in [4.78, 5) is 6.45. The molecule has 0 saturated carbocycles. The summed E-state index contributed by atoms with van der Waals surface area (Å²) >= 11 is 0. The second kappa shape index (κ2) is 5.99. The molecular weight excluding hydrogens is 267 g/mol. The van der Waals surface area contributed by atoms with Crippen LogP contribution in [0.15, 0.2) is 12.1 Å². The number of rotatable bonds is 3. The summed E-state index contributed by atoms with van der Waals surface area (Å²) in [5, 5.41) is 3.07. The van der Waals surface area contributed by atoms with Crippen LogP contribution in [-0.4, -0.2) is 31.3 Å². The van der Waals surface area contributed by atoms with E-state index in [9.17, 15) is 13.2 Å². The fourth-order valence-electron chi connectivity index (χ4n) is 2.57. The SMILES string of the molecule is CNCc1ccc(N2CCC(C(F)(F)F)CC2)nc1C. The van der Waals surface area contributed by atoms with Crippen LogP contribution < -0.4 is 10.2 Å². The second-order valence-electron chi connectivity index (χ2n) is 5.25. The van der Waals surface area contributed by atoms with Gasteiger partial charge in [-0.3, -0.25) is 0 Å². The van der Waals surface area contributed by atoms with Crippen LogP contribution in [-0.2, 0) is 6.54 Å². The maximum absolute atomic E-state index is 12.6. The highest BCUT2D eigenvalue weighted by Crippen LogP contribution is 2.35. The number of hydrogen-bond donors (Lipinski definition) is 1. The Balaban J connectivity index is 2.02. The first-order chi connectivity index (χ1) is 9.41. The topological polar surface area (TPSA) is 28.2 Å². The van der Waals surface area contributed by atoms with Crippen LogP contribution in [0.2, 0.25) is 0 Å². The molecule has 1 saturated heterocycles. The number of aryl methyl sites for hydroxylation is 1. The van der Waals surface area contributed by atoms with Gasteiger partial charge in [0.1, 0.15) is 5.82 Å². The lowest BCUT2D eigenvalue weighted by Crippen LogP contribution is -2.39. The summed E-state index contributed by atoms with van der Waals surface area (Å²) < 4.78 is 37.9. The largest absolute Gasteiger partial charge is 0.391 e. The standard InChI is InChI=1S/C14H20F3N3/c1-10-11(9-18-2)3-4-13(19-10)20-7-5-12(6-8-20)14(15,16)17/h3-4,12,18H,5-9H2,1-2H3. The van der Waals surface area contributed by atoms with Gasteiger partial charge in [-0.15, -0.1) is 0 Å². The van der Waals surface area contributed by atoms with Gasteiger partial charge in [0, 0.05) is 25.3 Å². The van der Waals surface area contributed by atoms with Gasteiger partial charge >= 0.3 is 6.18 Å². The first kappa shape index (κ1) is 15.1. The van der Waals surface area contributed by atoms with Crippen molar-refractivity contribution in [3.05, 3.63) is 23.4 Å². The van der Waals surface area contributed by atoms with Crippen molar-refractivity contribution in [2.75, 3.05) is 25.0 Å². The molecule has 0 amide bonds. The van der Waals surface area contributed by atoms with Crippen molar-refractivity contribution < 1.29 is 13.2 Å². The zero-order valence-electron chi connectivity index (χ0n) is 11.8. The van der Waals surface area contributed by atoms with E-state index in [0.29, 0.717) is 13.1 Å². The third-order valence-corrected chi connectivity index (χ3v) is 3.83. The zero-order valence-corrected chi connectivity index (χ0v) is 11.8. The van der Waals surface area contributed by atoms with Crippen LogP contribution in [0.4, 0.5) is 19.0 Å². The molecule has 1 aromatic rings. The number of nitrogens with one attached hydrogen (secondary N) is 1. The number of nitrogens with zero attached hydrogens (tertiary/aromatic N) is 2. The Kier molecular flexibility index (Phi) is 4.52. The normalized spacial score (nSPS) is 17.6. The molecule has 20 heavy (non-hydrogen) atoms. The molecule has 0 unspecified atom stereocenters. The van der Waals surface area contributed by atoms with E-state index in [1.54, 1.807) is 0 Å². The van der Waals surface area contributed by atoms with Crippen molar-refractivity contribution in [1.82, 2.24) is 10.3 Å². The fourth-order valence-corrected chi connectivity index (χ4v) is 2.57. The minimum Gasteiger partial charge on any atom is -0.357 e. The number of aromatic nitrogens is 1. The Labute approximate surface area is 117 Å².